The first-order chi connectivity index (χ1) is 7.57. The van der Waals surface area contributed by atoms with Crippen molar-refractivity contribution in [2.45, 2.75) is 31.7 Å². The number of piperidine rings is 1. The maximum absolute atomic E-state index is 6.06. The quantitative estimate of drug-likeness (QED) is 0.775. The average Bonchev–Trinajstić information content (AvgIpc) is 2.96. The number of rotatable bonds is 4. The fraction of sp³-hybridized carbons (Fsp3) is 1.00. The van der Waals surface area contributed by atoms with Crippen molar-refractivity contribution in [1.82, 2.24) is 9.80 Å². The summed E-state index contributed by atoms with van der Waals surface area (Å²) in [5, 5.41) is 0. The summed E-state index contributed by atoms with van der Waals surface area (Å²) in [6.45, 7) is 6.83. The molecule has 94 valence electrons. The van der Waals surface area contributed by atoms with Crippen LogP contribution in [-0.4, -0.2) is 55.6 Å². The zero-order valence-electron chi connectivity index (χ0n) is 11.1. The number of likely N-dealkylation sites (N-methyl/N-ethyl adjacent to an activating group) is 1. The Hall–Kier alpha value is -0.120. The predicted molar refractivity (Wildman–Crippen MR) is 68.4 cm³/mol. The van der Waals surface area contributed by atoms with Gasteiger partial charge in [0.2, 0.25) is 0 Å². The van der Waals surface area contributed by atoms with Crippen molar-refractivity contribution >= 4 is 0 Å². The highest BCUT2D eigenvalue weighted by Crippen LogP contribution is 2.40. The van der Waals surface area contributed by atoms with Gasteiger partial charge in [-0.05, 0) is 58.3 Å². The molecule has 0 aromatic carbocycles. The van der Waals surface area contributed by atoms with E-state index in [0.29, 0.717) is 0 Å². The van der Waals surface area contributed by atoms with Crippen molar-refractivity contribution in [3.05, 3.63) is 0 Å². The van der Waals surface area contributed by atoms with Crippen molar-refractivity contribution in [3.63, 3.8) is 0 Å². The zero-order chi connectivity index (χ0) is 11.8. The average molecular weight is 225 g/mol. The smallest absolute Gasteiger partial charge is 0.0353 e. The summed E-state index contributed by atoms with van der Waals surface area (Å²) in [6.07, 6.45) is 3.89. The molecule has 0 aromatic heterocycles. The topological polar surface area (TPSA) is 32.5 Å². The van der Waals surface area contributed by atoms with Crippen LogP contribution in [0, 0.1) is 11.8 Å². The number of hydrogen-bond acceptors (Lipinski definition) is 3. The van der Waals surface area contributed by atoms with Crippen LogP contribution in [0.25, 0.3) is 0 Å². The zero-order valence-corrected chi connectivity index (χ0v) is 11.1. The van der Waals surface area contributed by atoms with Gasteiger partial charge in [0.05, 0.1) is 0 Å². The van der Waals surface area contributed by atoms with E-state index in [-0.39, 0.29) is 5.54 Å². The molecule has 0 aromatic rings. The highest BCUT2D eigenvalue weighted by atomic mass is 15.2. The first kappa shape index (κ1) is 12.3. The standard InChI is InChI=1S/C13H27N3/c1-11-8-12(11)9-16(3)13(10-14)4-6-15(2)7-5-13/h11-12H,4-10,14H2,1-3H3. The van der Waals surface area contributed by atoms with Gasteiger partial charge in [0.1, 0.15) is 0 Å². The Morgan fingerprint density at radius 3 is 2.38 bits per heavy atom. The summed E-state index contributed by atoms with van der Waals surface area (Å²) in [4.78, 5) is 4.98. The van der Waals surface area contributed by atoms with E-state index in [1.807, 2.05) is 0 Å². The molecule has 1 aliphatic heterocycles. The summed E-state index contributed by atoms with van der Waals surface area (Å²) in [5.41, 5.74) is 6.34. The van der Waals surface area contributed by atoms with Crippen LogP contribution in [0.1, 0.15) is 26.2 Å². The van der Waals surface area contributed by atoms with Crippen LogP contribution in [0.5, 0.6) is 0 Å². The largest absolute Gasteiger partial charge is 0.329 e. The van der Waals surface area contributed by atoms with Crippen LogP contribution in [0.2, 0.25) is 0 Å². The Balaban J connectivity index is 1.92. The van der Waals surface area contributed by atoms with Gasteiger partial charge in [-0.2, -0.15) is 0 Å². The molecule has 2 rings (SSSR count). The molecule has 16 heavy (non-hydrogen) atoms. The second kappa shape index (κ2) is 4.63. The van der Waals surface area contributed by atoms with Crippen LogP contribution in [-0.2, 0) is 0 Å². The first-order valence-corrected chi connectivity index (χ1v) is 6.67. The highest BCUT2D eigenvalue weighted by molar-refractivity contribution is 4.97. The lowest BCUT2D eigenvalue weighted by Crippen LogP contribution is -2.58. The third-order valence-electron chi connectivity index (χ3n) is 4.89. The molecule has 2 fully saturated rings. The minimum Gasteiger partial charge on any atom is -0.329 e. The van der Waals surface area contributed by atoms with E-state index in [1.54, 1.807) is 0 Å². The molecule has 2 N–H and O–H groups in total. The van der Waals surface area contributed by atoms with E-state index in [2.05, 4.69) is 30.8 Å². The number of nitrogens with two attached hydrogens (primary N) is 1. The summed E-state index contributed by atoms with van der Waals surface area (Å²) in [6, 6.07) is 0. The molecular formula is C13H27N3. The molecule has 0 spiro atoms. The van der Waals surface area contributed by atoms with Crippen LogP contribution in [0.15, 0.2) is 0 Å². The predicted octanol–water partition coefficient (Wildman–Crippen LogP) is 0.997. The van der Waals surface area contributed by atoms with E-state index in [4.69, 9.17) is 5.73 Å². The lowest BCUT2D eigenvalue weighted by Gasteiger charge is -2.46. The van der Waals surface area contributed by atoms with Gasteiger partial charge in [-0.15, -0.1) is 0 Å². The van der Waals surface area contributed by atoms with Gasteiger partial charge >= 0.3 is 0 Å². The molecule has 2 aliphatic rings. The third-order valence-corrected chi connectivity index (χ3v) is 4.89. The monoisotopic (exact) mass is 225 g/mol. The number of hydrogen-bond donors (Lipinski definition) is 1. The molecule has 3 nitrogen and oxygen atoms in total. The van der Waals surface area contributed by atoms with Gasteiger partial charge in [0.25, 0.3) is 0 Å². The van der Waals surface area contributed by atoms with Crippen LogP contribution in [0.3, 0.4) is 0 Å². The van der Waals surface area contributed by atoms with E-state index in [1.165, 1.54) is 38.9 Å². The first-order valence-electron chi connectivity index (χ1n) is 6.67. The fourth-order valence-corrected chi connectivity index (χ4v) is 2.98. The molecule has 2 unspecified atom stereocenters. The van der Waals surface area contributed by atoms with Gasteiger partial charge in [0.15, 0.2) is 0 Å². The van der Waals surface area contributed by atoms with Crippen LogP contribution < -0.4 is 5.73 Å². The second-order valence-electron chi connectivity index (χ2n) is 6.09. The summed E-state index contributed by atoms with van der Waals surface area (Å²) in [5.74, 6) is 1.89. The Morgan fingerprint density at radius 1 is 1.38 bits per heavy atom. The van der Waals surface area contributed by atoms with Gasteiger partial charge in [-0.1, -0.05) is 6.92 Å². The fourth-order valence-electron chi connectivity index (χ4n) is 2.98. The van der Waals surface area contributed by atoms with Crippen molar-refractivity contribution in [2.24, 2.45) is 17.6 Å². The molecule has 3 heteroatoms. The van der Waals surface area contributed by atoms with E-state index in [9.17, 15) is 0 Å². The van der Waals surface area contributed by atoms with Crippen molar-refractivity contribution in [2.75, 3.05) is 40.3 Å². The SMILES string of the molecule is CC1CC1CN(C)C1(CN)CCN(C)CC1. The van der Waals surface area contributed by atoms with Gasteiger partial charge in [-0.3, -0.25) is 4.90 Å². The summed E-state index contributed by atoms with van der Waals surface area (Å²) in [7, 11) is 4.49. The number of nitrogens with zero attached hydrogens (tertiary/aromatic N) is 2. The normalized spacial score (nSPS) is 34.3. The van der Waals surface area contributed by atoms with Crippen molar-refractivity contribution in [3.8, 4) is 0 Å². The van der Waals surface area contributed by atoms with Crippen LogP contribution in [0.4, 0.5) is 0 Å². The van der Waals surface area contributed by atoms with E-state index in [0.717, 1.165) is 18.4 Å². The molecule has 0 bridgehead atoms. The van der Waals surface area contributed by atoms with E-state index >= 15 is 0 Å². The molecule has 2 atom stereocenters. The van der Waals surface area contributed by atoms with Crippen molar-refractivity contribution < 1.29 is 0 Å². The van der Waals surface area contributed by atoms with Gasteiger partial charge in [-0.25, -0.2) is 0 Å². The minimum atomic E-state index is 0.287. The van der Waals surface area contributed by atoms with Crippen LogP contribution >= 0.6 is 0 Å². The highest BCUT2D eigenvalue weighted by Gasteiger charge is 2.40. The summed E-state index contributed by atoms with van der Waals surface area (Å²) < 4.78 is 0. The Labute approximate surface area is 100.0 Å². The lowest BCUT2D eigenvalue weighted by molar-refractivity contribution is 0.0499. The molecule has 1 heterocycles. The molecular weight excluding hydrogens is 198 g/mol. The number of likely N-dealkylation sites (tertiary alicyclic amines) is 1. The second-order valence-corrected chi connectivity index (χ2v) is 6.09. The maximum Gasteiger partial charge on any atom is 0.0353 e. The van der Waals surface area contributed by atoms with Gasteiger partial charge < -0.3 is 10.6 Å². The van der Waals surface area contributed by atoms with Gasteiger partial charge in [0, 0.05) is 18.6 Å². The molecule has 1 saturated carbocycles. The Morgan fingerprint density at radius 2 is 1.94 bits per heavy atom. The van der Waals surface area contributed by atoms with E-state index < -0.39 is 0 Å². The molecule has 0 radical (unpaired) electrons. The Kier molecular flexibility index (Phi) is 3.57. The minimum absolute atomic E-state index is 0.287. The third kappa shape index (κ3) is 2.41. The molecule has 1 aliphatic carbocycles. The molecule has 0 amide bonds. The maximum atomic E-state index is 6.06. The Bertz CT molecular complexity index is 233. The van der Waals surface area contributed by atoms with Crippen molar-refractivity contribution in [1.29, 1.82) is 0 Å². The lowest BCUT2D eigenvalue weighted by atomic mass is 9.86. The summed E-state index contributed by atoms with van der Waals surface area (Å²) >= 11 is 0. The molecule has 1 saturated heterocycles.